The number of carbonyl (C=O) groups is 2. The highest BCUT2D eigenvalue weighted by molar-refractivity contribution is 7.89. The van der Waals surface area contributed by atoms with Gasteiger partial charge in [-0.2, -0.15) is 4.31 Å². The number of nitrogens with zero attached hydrogens (tertiary/aromatic N) is 1. The van der Waals surface area contributed by atoms with Crippen molar-refractivity contribution in [2.45, 2.75) is 44.9 Å². The van der Waals surface area contributed by atoms with E-state index in [0.717, 1.165) is 6.42 Å². The summed E-state index contributed by atoms with van der Waals surface area (Å²) in [4.78, 5) is 24.2. The molecule has 2 rings (SSSR count). The number of hydrogen-bond acceptors (Lipinski definition) is 6. The summed E-state index contributed by atoms with van der Waals surface area (Å²) in [5, 5.41) is 2.72. The van der Waals surface area contributed by atoms with Crippen LogP contribution in [0, 0.1) is 11.8 Å². The van der Waals surface area contributed by atoms with Crippen LogP contribution >= 0.6 is 0 Å². The lowest BCUT2D eigenvalue weighted by atomic mass is 9.98. The minimum absolute atomic E-state index is 0.199. The van der Waals surface area contributed by atoms with Gasteiger partial charge in [-0.05, 0) is 56.4 Å². The van der Waals surface area contributed by atoms with Gasteiger partial charge in [-0.15, -0.1) is 0 Å². The largest absolute Gasteiger partial charge is 0.494 e. The molecule has 1 aromatic carbocycles. The van der Waals surface area contributed by atoms with Crippen LogP contribution in [0.4, 0.5) is 0 Å². The molecule has 0 radical (unpaired) electrons. The van der Waals surface area contributed by atoms with Crippen LogP contribution in [0.5, 0.6) is 5.75 Å². The van der Waals surface area contributed by atoms with Gasteiger partial charge in [-0.1, -0.05) is 13.8 Å². The Kier molecular flexibility index (Phi) is 9.10. The van der Waals surface area contributed by atoms with Crippen molar-refractivity contribution in [3.8, 4) is 5.75 Å². The Morgan fingerprint density at radius 3 is 2.37 bits per heavy atom. The summed E-state index contributed by atoms with van der Waals surface area (Å²) in [7, 11) is -3.62. The lowest BCUT2D eigenvalue weighted by Crippen LogP contribution is -2.41. The molecule has 1 aliphatic heterocycles. The summed E-state index contributed by atoms with van der Waals surface area (Å²) in [6.45, 7) is 7.21. The fourth-order valence-electron chi connectivity index (χ4n) is 3.16. The van der Waals surface area contributed by atoms with Crippen molar-refractivity contribution in [2.75, 3.05) is 32.8 Å². The van der Waals surface area contributed by atoms with E-state index in [1.807, 2.05) is 6.92 Å². The second-order valence-corrected chi connectivity index (χ2v) is 9.66. The maximum absolute atomic E-state index is 12.8. The van der Waals surface area contributed by atoms with E-state index in [1.54, 1.807) is 12.1 Å². The molecule has 1 saturated heterocycles. The smallest absolute Gasteiger partial charge is 0.309 e. The molecular formula is C21H32N2O6S. The van der Waals surface area contributed by atoms with E-state index in [4.69, 9.17) is 9.47 Å². The molecule has 0 bridgehead atoms. The molecule has 0 spiro atoms. The highest BCUT2D eigenvalue weighted by Gasteiger charge is 2.33. The van der Waals surface area contributed by atoms with Gasteiger partial charge < -0.3 is 14.8 Å². The number of esters is 1. The first-order valence-electron chi connectivity index (χ1n) is 10.4. The molecule has 1 heterocycles. The van der Waals surface area contributed by atoms with Crippen LogP contribution in [0.15, 0.2) is 29.2 Å². The van der Waals surface area contributed by atoms with Crippen LogP contribution in [-0.4, -0.2) is 57.4 Å². The van der Waals surface area contributed by atoms with E-state index < -0.39 is 21.9 Å². The van der Waals surface area contributed by atoms with Gasteiger partial charge in [0.2, 0.25) is 10.0 Å². The zero-order chi connectivity index (χ0) is 22.1. The molecule has 0 aliphatic carbocycles. The van der Waals surface area contributed by atoms with Gasteiger partial charge in [-0.3, -0.25) is 9.59 Å². The number of nitrogens with one attached hydrogen (secondary N) is 1. The number of piperidine rings is 1. The minimum Gasteiger partial charge on any atom is -0.494 e. The number of rotatable bonds is 10. The molecule has 1 aliphatic rings. The molecule has 168 valence electrons. The maximum Gasteiger partial charge on any atom is 0.309 e. The summed E-state index contributed by atoms with van der Waals surface area (Å²) in [5.41, 5.74) is 0. The molecule has 1 N–H and O–H groups in total. The third-order valence-corrected chi connectivity index (χ3v) is 6.86. The van der Waals surface area contributed by atoms with Crippen molar-refractivity contribution >= 4 is 21.9 Å². The summed E-state index contributed by atoms with van der Waals surface area (Å²) in [5.74, 6) is -0.0741. The number of amides is 1. The molecule has 30 heavy (non-hydrogen) atoms. The normalized spacial score (nSPS) is 15.7. The van der Waals surface area contributed by atoms with Crippen LogP contribution in [0.1, 0.15) is 40.0 Å². The van der Waals surface area contributed by atoms with E-state index in [-0.39, 0.29) is 30.5 Å². The number of sulfonamides is 1. The third kappa shape index (κ3) is 6.98. The number of benzene rings is 1. The van der Waals surface area contributed by atoms with E-state index in [2.05, 4.69) is 19.2 Å². The van der Waals surface area contributed by atoms with Crippen LogP contribution < -0.4 is 10.1 Å². The zero-order valence-electron chi connectivity index (χ0n) is 17.9. The molecular weight excluding hydrogens is 408 g/mol. The van der Waals surface area contributed by atoms with E-state index in [9.17, 15) is 18.0 Å². The maximum atomic E-state index is 12.8. The summed E-state index contributed by atoms with van der Waals surface area (Å²) in [6.07, 6.45) is 1.59. The van der Waals surface area contributed by atoms with E-state index in [1.165, 1.54) is 16.4 Å². The third-order valence-electron chi connectivity index (χ3n) is 4.95. The van der Waals surface area contributed by atoms with E-state index in [0.29, 0.717) is 37.7 Å². The fourth-order valence-corrected chi connectivity index (χ4v) is 4.63. The average Bonchev–Trinajstić information content (AvgIpc) is 2.72. The van der Waals surface area contributed by atoms with Crippen molar-refractivity contribution < 1.29 is 27.5 Å². The molecule has 0 aromatic heterocycles. The molecule has 1 fully saturated rings. The molecule has 8 nitrogen and oxygen atoms in total. The van der Waals surface area contributed by atoms with Gasteiger partial charge in [0, 0.05) is 19.6 Å². The van der Waals surface area contributed by atoms with Crippen molar-refractivity contribution in [2.24, 2.45) is 11.8 Å². The van der Waals surface area contributed by atoms with Gasteiger partial charge in [0.25, 0.3) is 5.91 Å². The van der Waals surface area contributed by atoms with Gasteiger partial charge >= 0.3 is 5.97 Å². The van der Waals surface area contributed by atoms with Crippen molar-refractivity contribution in [3.63, 3.8) is 0 Å². The Morgan fingerprint density at radius 1 is 1.17 bits per heavy atom. The number of ether oxygens (including phenoxy) is 2. The SMILES string of the molecule is CCOc1ccc(S(=O)(=O)N2CCC(C(=O)OCC(=O)NCCC(C)C)CC2)cc1. The lowest BCUT2D eigenvalue weighted by Gasteiger charge is -2.30. The summed E-state index contributed by atoms with van der Waals surface area (Å²) >= 11 is 0. The first-order valence-corrected chi connectivity index (χ1v) is 11.8. The highest BCUT2D eigenvalue weighted by Crippen LogP contribution is 2.25. The second-order valence-electron chi connectivity index (χ2n) is 7.72. The first kappa shape index (κ1) is 24.1. The highest BCUT2D eigenvalue weighted by atomic mass is 32.2. The van der Waals surface area contributed by atoms with Crippen molar-refractivity contribution in [1.29, 1.82) is 0 Å². The number of carbonyl (C=O) groups excluding carboxylic acids is 2. The predicted molar refractivity (Wildman–Crippen MR) is 113 cm³/mol. The lowest BCUT2D eigenvalue weighted by molar-refractivity contribution is -0.153. The minimum atomic E-state index is -3.62. The molecule has 0 unspecified atom stereocenters. The Balaban J connectivity index is 1.80. The number of hydrogen-bond donors (Lipinski definition) is 1. The summed E-state index contributed by atoms with van der Waals surface area (Å²) < 4.78 is 37.5. The van der Waals surface area contributed by atoms with Crippen molar-refractivity contribution in [3.05, 3.63) is 24.3 Å². The average molecular weight is 441 g/mol. The van der Waals surface area contributed by atoms with Gasteiger partial charge in [-0.25, -0.2) is 8.42 Å². The Labute approximate surface area is 179 Å². The monoisotopic (exact) mass is 440 g/mol. The fraction of sp³-hybridized carbons (Fsp3) is 0.619. The predicted octanol–water partition coefficient (Wildman–Crippen LogP) is 2.19. The quantitative estimate of drug-likeness (QED) is 0.560. The molecule has 9 heteroatoms. The van der Waals surface area contributed by atoms with Gasteiger partial charge in [0.1, 0.15) is 5.75 Å². The Hall–Kier alpha value is -2.13. The second kappa shape index (κ2) is 11.3. The molecule has 0 saturated carbocycles. The van der Waals surface area contributed by atoms with Gasteiger partial charge in [0.05, 0.1) is 17.4 Å². The van der Waals surface area contributed by atoms with Crippen LogP contribution in [0.25, 0.3) is 0 Å². The molecule has 0 atom stereocenters. The Morgan fingerprint density at radius 2 is 1.80 bits per heavy atom. The van der Waals surface area contributed by atoms with Crippen LogP contribution in [0.2, 0.25) is 0 Å². The van der Waals surface area contributed by atoms with Crippen LogP contribution in [0.3, 0.4) is 0 Å². The Bertz CT molecular complexity index is 799. The van der Waals surface area contributed by atoms with Gasteiger partial charge in [0.15, 0.2) is 6.61 Å². The first-order chi connectivity index (χ1) is 14.2. The molecule has 1 amide bonds. The summed E-state index contributed by atoms with van der Waals surface area (Å²) in [6, 6.07) is 6.32. The standard InChI is InChI=1S/C21H32N2O6S/c1-4-28-18-5-7-19(8-6-18)30(26,27)23-13-10-17(11-14-23)21(25)29-15-20(24)22-12-9-16(2)3/h5-8,16-17H,4,9-15H2,1-3H3,(H,22,24). The van der Waals surface area contributed by atoms with Crippen LogP contribution in [-0.2, 0) is 24.3 Å². The zero-order valence-corrected chi connectivity index (χ0v) is 18.7. The van der Waals surface area contributed by atoms with Crippen molar-refractivity contribution in [1.82, 2.24) is 9.62 Å². The molecule has 1 aromatic rings. The topological polar surface area (TPSA) is 102 Å². The van der Waals surface area contributed by atoms with E-state index >= 15 is 0 Å².